The van der Waals surface area contributed by atoms with Crippen molar-refractivity contribution in [3.05, 3.63) is 65.7 Å². The Morgan fingerprint density at radius 2 is 1.58 bits per heavy atom. The van der Waals surface area contributed by atoms with E-state index in [9.17, 15) is 13.2 Å². The van der Waals surface area contributed by atoms with Gasteiger partial charge in [0.1, 0.15) is 5.75 Å². The highest BCUT2D eigenvalue weighted by molar-refractivity contribution is 5.33. The fourth-order valence-corrected chi connectivity index (χ4v) is 2.68. The van der Waals surface area contributed by atoms with Crippen LogP contribution in [0.2, 0.25) is 0 Å². The molecule has 0 aromatic heterocycles. The lowest BCUT2D eigenvalue weighted by atomic mass is 9.79. The van der Waals surface area contributed by atoms with Crippen molar-refractivity contribution in [1.29, 1.82) is 0 Å². The normalized spacial score (nSPS) is 15.3. The molecule has 0 heterocycles. The second-order valence-electron chi connectivity index (χ2n) is 6.50. The third-order valence-corrected chi connectivity index (χ3v) is 4.71. The smallest absolute Gasteiger partial charge is 0.398 e. The molecule has 0 N–H and O–H groups in total. The van der Waals surface area contributed by atoms with E-state index >= 15 is 0 Å². The Balaban J connectivity index is 1.90. The van der Waals surface area contributed by atoms with Gasteiger partial charge in [0.15, 0.2) is 6.29 Å². The molecule has 0 radical (unpaired) electrons. The van der Waals surface area contributed by atoms with Gasteiger partial charge in [0.25, 0.3) is 0 Å². The number of benzene rings is 2. The first kappa shape index (κ1) is 20.3. The SMILES string of the molecule is CCC(C)(c1ccc(OC(C)OCCc2ccccc2)cc1)C(F)(F)F. The Kier molecular flexibility index (Phi) is 6.70. The Morgan fingerprint density at radius 3 is 2.12 bits per heavy atom. The van der Waals surface area contributed by atoms with Crippen LogP contribution in [0.25, 0.3) is 0 Å². The lowest BCUT2D eigenvalue weighted by Gasteiger charge is -2.31. The number of alkyl halides is 3. The molecule has 2 rings (SSSR count). The zero-order valence-corrected chi connectivity index (χ0v) is 15.3. The topological polar surface area (TPSA) is 18.5 Å². The average Bonchev–Trinajstić information content (AvgIpc) is 2.61. The Bertz CT molecular complexity index is 668. The summed E-state index contributed by atoms with van der Waals surface area (Å²) in [7, 11) is 0. The standard InChI is InChI=1S/C21H25F3O2/c1-4-20(3,21(22,23)24)18-10-12-19(13-11-18)26-16(2)25-15-14-17-8-6-5-7-9-17/h5-13,16H,4,14-15H2,1-3H3. The number of hydrogen-bond donors (Lipinski definition) is 0. The van der Waals surface area contributed by atoms with Crippen molar-refractivity contribution < 1.29 is 22.6 Å². The third-order valence-electron chi connectivity index (χ3n) is 4.71. The van der Waals surface area contributed by atoms with Crippen LogP contribution < -0.4 is 4.74 Å². The van der Waals surface area contributed by atoms with E-state index < -0.39 is 17.9 Å². The molecule has 5 heteroatoms. The Hall–Kier alpha value is -2.01. The van der Waals surface area contributed by atoms with E-state index in [0.717, 1.165) is 6.42 Å². The maximum absolute atomic E-state index is 13.3. The summed E-state index contributed by atoms with van der Waals surface area (Å²) in [5, 5.41) is 0. The highest BCUT2D eigenvalue weighted by atomic mass is 19.4. The first-order valence-corrected chi connectivity index (χ1v) is 8.75. The number of hydrogen-bond acceptors (Lipinski definition) is 2. The molecule has 0 aliphatic heterocycles. The molecule has 0 aliphatic carbocycles. The van der Waals surface area contributed by atoms with Crippen molar-refractivity contribution in [1.82, 2.24) is 0 Å². The van der Waals surface area contributed by atoms with Crippen LogP contribution in [0.3, 0.4) is 0 Å². The zero-order chi connectivity index (χ0) is 19.2. The van der Waals surface area contributed by atoms with E-state index in [2.05, 4.69) is 0 Å². The first-order chi connectivity index (χ1) is 12.3. The monoisotopic (exact) mass is 366 g/mol. The van der Waals surface area contributed by atoms with Gasteiger partial charge in [0.2, 0.25) is 0 Å². The molecule has 2 aromatic carbocycles. The van der Waals surface area contributed by atoms with Crippen molar-refractivity contribution in [2.75, 3.05) is 6.61 Å². The quantitative estimate of drug-likeness (QED) is 0.542. The van der Waals surface area contributed by atoms with Gasteiger partial charge < -0.3 is 9.47 Å². The van der Waals surface area contributed by atoms with Crippen molar-refractivity contribution >= 4 is 0 Å². The van der Waals surface area contributed by atoms with Crippen LogP contribution in [0.4, 0.5) is 13.2 Å². The van der Waals surface area contributed by atoms with Crippen molar-refractivity contribution in [2.45, 2.75) is 51.5 Å². The van der Waals surface area contributed by atoms with Crippen LogP contribution in [-0.4, -0.2) is 19.1 Å². The molecule has 26 heavy (non-hydrogen) atoms. The van der Waals surface area contributed by atoms with E-state index in [1.807, 2.05) is 30.3 Å². The molecule has 0 bridgehead atoms. The van der Waals surface area contributed by atoms with E-state index in [4.69, 9.17) is 9.47 Å². The highest BCUT2D eigenvalue weighted by Gasteiger charge is 2.50. The lowest BCUT2D eigenvalue weighted by molar-refractivity contribution is -0.186. The molecule has 2 atom stereocenters. The Labute approximate surface area is 152 Å². The fraction of sp³-hybridized carbons (Fsp3) is 0.429. The summed E-state index contributed by atoms with van der Waals surface area (Å²) >= 11 is 0. The molecule has 2 aromatic rings. The number of ether oxygens (including phenoxy) is 2. The molecule has 142 valence electrons. The molecule has 0 aliphatic rings. The summed E-state index contributed by atoms with van der Waals surface area (Å²) in [6, 6.07) is 16.0. The van der Waals surface area contributed by atoms with Gasteiger partial charge in [-0.3, -0.25) is 0 Å². The number of halogens is 3. The third kappa shape index (κ3) is 5.01. The highest BCUT2D eigenvalue weighted by Crippen LogP contribution is 2.43. The Morgan fingerprint density at radius 1 is 0.962 bits per heavy atom. The van der Waals surface area contributed by atoms with Crippen LogP contribution in [0.1, 0.15) is 38.3 Å². The van der Waals surface area contributed by atoms with Gasteiger partial charge in [0, 0.05) is 0 Å². The second-order valence-corrected chi connectivity index (χ2v) is 6.50. The molecule has 2 unspecified atom stereocenters. The largest absolute Gasteiger partial charge is 0.465 e. The van der Waals surface area contributed by atoms with Gasteiger partial charge in [0.05, 0.1) is 12.0 Å². The summed E-state index contributed by atoms with van der Waals surface area (Å²) in [4.78, 5) is 0. The van der Waals surface area contributed by atoms with Crippen molar-refractivity contribution in [2.24, 2.45) is 0 Å². The molecule has 0 amide bonds. The van der Waals surface area contributed by atoms with Gasteiger partial charge in [-0.1, -0.05) is 49.4 Å². The average molecular weight is 366 g/mol. The van der Waals surface area contributed by atoms with E-state index in [1.54, 1.807) is 26.0 Å². The van der Waals surface area contributed by atoms with Gasteiger partial charge in [-0.05, 0) is 49.9 Å². The van der Waals surface area contributed by atoms with Crippen LogP contribution in [-0.2, 0) is 16.6 Å². The first-order valence-electron chi connectivity index (χ1n) is 8.75. The van der Waals surface area contributed by atoms with Crippen LogP contribution >= 0.6 is 0 Å². The molecule has 0 spiro atoms. The minimum atomic E-state index is -4.29. The van der Waals surface area contributed by atoms with Crippen LogP contribution in [0, 0.1) is 0 Å². The van der Waals surface area contributed by atoms with Gasteiger partial charge in [-0.15, -0.1) is 0 Å². The van der Waals surface area contributed by atoms with Crippen LogP contribution in [0.15, 0.2) is 54.6 Å². The van der Waals surface area contributed by atoms with E-state index in [-0.39, 0.29) is 12.0 Å². The van der Waals surface area contributed by atoms with Gasteiger partial charge >= 0.3 is 6.18 Å². The predicted octanol–water partition coefficient (Wildman–Crippen LogP) is 5.90. The molecular formula is C21H25F3O2. The number of rotatable bonds is 8. The molecule has 2 nitrogen and oxygen atoms in total. The minimum Gasteiger partial charge on any atom is -0.465 e. The summed E-state index contributed by atoms with van der Waals surface area (Å²) in [5.74, 6) is 0.488. The van der Waals surface area contributed by atoms with Gasteiger partial charge in [-0.2, -0.15) is 13.2 Å². The molecule has 0 saturated carbocycles. The predicted molar refractivity (Wildman–Crippen MR) is 96.3 cm³/mol. The second kappa shape index (κ2) is 8.58. The van der Waals surface area contributed by atoms with Crippen molar-refractivity contribution in [3.8, 4) is 5.75 Å². The molecule has 0 saturated heterocycles. The maximum Gasteiger partial charge on any atom is 0.398 e. The lowest BCUT2D eigenvalue weighted by Crippen LogP contribution is -2.38. The molecular weight excluding hydrogens is 341 g/mol. The maximum atomic E-state index is 13.3. The fourth-order valence-electron chi connectivity index (χ4n) is 2.68. The summed E-state index contributed by atoms with van der Waals surface area (Å²) in [6.45, 7) is 5.04. The van der Waals surface area contributed by atoms with Gasteiger partial charge in [-0.25, -0.2) is 0 Å². The zero-order valence-electron chi connectivity index (χ0n) is 15.3. The molecule has 0 fully saturated rings. The van der Waals surface area contributed by atoms with E-state index in [0.29, 0.717) is 12.4 Å². The summed E-state index contributed by atoms with van der Waals surface area (Å²) in [6.07, 6.45) is -4.02. The summed E-state index contributed by atoms with van der Waals surface area (Å²) in [5.41, 5.74) is -0.448. The summed E-state index contributed by atoms with van der Waals surface area (Å²) < 4.78 is 51.2. The van der Waals surface area contributed by atoms with Crippen LogP contribution in [0.5, 0.6) is 5.75 Å². The minimum absolute atomic E-state index is 0.0182. The van der Waals surface area contributed by atoms with Crippen molar-refractivity contribution in [3.63, 3.8) is 0 Å². The van der Waals surface area contributed by atoms with E-state index in [1.165, 1.54) is 24.6 Å².